The van der Waals surface area contributed by atoms with Gasteiger partial charge in [-0.1, -0.05) is 23.7 Å². The Morgan fingerprint density at radius 1 is 0.973 bits per heavy atom. The number of rotatable bonds is 5. The van der Waals surface area contributed by atoms with Crippen LogP contribution in [-0.4, -0.2) is 47.9 Å². The average molecular weight is 515 g/mol. The van der Waals surface area contributed by atoms with Gasteiger partial charge in [-0.25, -0.2) is 9.36 Å². The summed E-state index contributed by atoms with van der Waals surface area (Å²) in [5, 5.41) is 2.51. The highest BCUT2D eigenvalue weighted by molar-refractivity contribution is 6.33. The van der Waals surface area contributed by atoms with Crippen molar-refractivity contribution in [3.8, 4) is 22.6 Å². The average Bonchev–Trinajstić information content (AvgIpc) is 2.88. The minimum absolute atomic E-state index is 0.204. The number of hydrogen-bond donors (Lipinski definition) is 1. The number of nitrogens with zero attached hydrogens (tertiary/aromatic N) is 3. The zero-order valence-corrected chi connectivity index (χ0v) is 21.0. The number of fused-ring (bicyclic) bond motifs is 2. The van der Waals surface area contributed by atoms with E-state index in [9.17, 15) is 9.59 Å². The summed E-state index contributed by atoms with van der Waals surface area (Å²) in [4.78, 5) is 36.3. The Labute approximate surface area is 216 Å². The first-order valence-corrected chi connectivity index (χ1v) is 12.1. The number of benzene rings is 3. The minimum Gasteiger partial charge on any atom is -0.497 e. The van der Waals surface area contributed by atoms with Gasteiger partial charge in [0.15, 0.2) is 0 Å². The van der Waals surface area contributed by atoms with Crippen molar-refractivity contribution in [3.05, 3.63) is 92.9 Å². The van der Waals surface area contributed by atoms with E-state index in [4.69, 9.17) is 21.1 Å². The largest absolute Gasteiger partial charge is 0.497 e. The number of halogens is 1. The Morgan fingerprint density at radius 2 is 1.81 bits per heavy atom. The second-order valence-electron chi connectivity index (χ2n) is 9.00. The molecule has 6 rings (SSSR count). The number of aromatic amines is 1. The minimum atomic E-state index is -0.547. The van der Waals surface area contributed by atoms with Crippen LogP contribution in [0.5, 0.6) is 5.75 Å². The molecule has 0 saturated carbocycles. The summed E-state index contributed by atoms with van der Waals surface area (Å²) in [6, 6.07) is 16.5. The van der Waals surface area contributed by atoms with E-state index in [1.165, 1.54) is 0 Å². The molecule has 5 aromatic rings. The normalized spacial score (nSPS) is 13.8. The van der Waals surface area contributed by atoms with Crippen LogP contribution in [-0.2, 0) is 4.74 Å². The third kappa shape index (κ3) is 3.94. The molecule has 9 heteroatoms. The molecule has 1 aliphatic heterocycles. The van der Waals surface area contributed by atoms with Crippen molar-refractivity contribution in [3.63, 3.8) is 0 Å². The topological polar surface area (TPSA) is 89.4 Å². The number of ether oxygens (including phenoxy) is 2. The van der Waals surface area contributed by atoms with Gasteiger partial charge in [-0.2, -0.15) is 0 Å². The quantitative estimate of drug-likeness (QED) is 0.374. The van der Waals surface area contributed by atoms with E-state index >= 15 is 0 Å². The van der Waals surface area contributed by atoms with Crippen LogP contribution in [0.2, 0.25) is 5.02 Å². The summed E-state index contributed by atoms with van der Waals surface area (Å²) in [6.45, 7) is 1.58. The van der Waals surface area contributed by atoms with E-state index in [1.54, 1.807) is 50.9 Å². The molecule has 1 fully saturated rings. The molecule has 0 radical (unpaired) electrons. The number of methoxy groups -OCH3 is 2. The summed E-state index contributed by atoms with van der Waals surface area (Å²) in [7, 11) is 3.29. The van der Waals surface area contributed by atoms with Crippen LogP contribution in [0.25, 0.3) is 38.5 Å². The molecule has 0 amide bonds. The summed E-state index contributed by atoms with van der Waals surface area (Å²) in [5.41, 5.74) is 2.36. The SMILES string of the molecule is COc1ccc(Cl)c(-c2ccc3c(=O)n(-c4cncc5ccc(N6CC(OC)C6)cc45)c(=O)[nH]c3c2)c1. The van der Waals surface area contributed by atoms with Crippen molar-refractivity contribution >= 4 is 39.0 Å². The molecule has 0 aliphatic carbocycles. The molecule has 1 N–H and O–H groups in total. The molecule has 3 heterocycles. The fourth-order valence-corrected chi connectivity index (χ4v) is 4.99. The number of hydrogen-bond acceptors (Lipinski definition) is 6. The Kier molecular flexibility index (Phi) is 5.70. The highest BCUT2D eigenvalue weighted by Crippen LogP contribution is 2.33. The lowest BCUT2D eigenvalue weighted by molar-refractivity contribution is 0.0788. The van der Waals surface area contributed by atoms with E-state index in [0.717, 1.165) is 45.2 Å². The first kappa shape index (κ1) is 23.3. The molecular weight excluding hydrogens is 492 g/mol. The third-order valence-electron chi connectivity index (χ3n) is 6.89. The lowest BCUT2D eigenvalue weighted by atomic mass is 10.0. The lowest BCUT2D eigenvalue weighted by Gasteiger charge is -2.40. The molecular formula is C28H23ClN4O4. The maximum absolute atomic E-state index is 13.6. The maximum atomic E-state index is 13.6. The molecule has 3 aromatic carbocycles. The molecule has 0 atom stereocenters. The third-order valence-corrected chi connectivity index (χ3v) is 7.22. The zero-order valence-electron chi connectivity index (χ0n) is 20.2. The summed E-state index contributed by atoms with van der Waals surface area (Å²) in [6.07, 6.45) is 3.48. The molecule has 1 saturated heterocycles. The maximum Gasteiger partial charge on any atom is 0.333 e. The number of anilines is 1. The fraction of sp³-hybridized carbons (Fsp3) is 0.179. The Hall–Kier alpha value is -4.14. The van der Waals surface area contributed by atoms with Crippen LogP contribution in [0.3, 0.4) is 0 Å². The predicted molar refractivity (Wildman–Crippen MR) is 145 cm³/mol. The number of nitrogens with one attached hydrogen (secondary N) is 1. The summed E-state index contributed by atoms with van der Waals surface area (Å²) < 4.78 is 11.9. The van der Waals surface area contributed by atoms with Gasteiger partial charge < -0.3 is 19.4 Å². The van der Waals surface area contributed by atoms with Gasteiger partial charge in [-0.15, -0.1) is 0 Å². The Morgan fingerprint density at radius 3 is 2.59 bits per heavy atom. The van der Waals surface area contributed by atoms with Gasteiger partial charge >= 0.3 is 5.69 Å². The molecule has 8 nitrogen and oxygen atoms in total. The smallest absolute Gasteiger partial charge is 0.333 e. The van der Waals surface area contributed by atoms with E-state index in [-0.39, 0.29) is 6.10 Å². The highest BCUT2D eigenvalue weighted by Gasteiger charge is 2.27. The standard InChI is InChI=1S/C28H23ClN4O4/c1-36-19-6-8-24(29)22(11-19)16-4-7-21-25(9-16)31-28(35)33(27(21)34)26-13-30-12-17-3-5-18(10-23(17)26)32-14-20(15-32)37-2/h3-13,20H,14-15H2,1-2H3,(H,31,35). The second kappa shape index (κ2) is 9.06. The van der Waals surface area contributed by atoms with E-state index in [1.807, 2.05) is 30.3 Å². The van der Waals surface area contributed by atoms with Crippen molar-refractivity contribution in [2.45, 2.75) is 6.10 Å². The molecule has 0 spiro atoms. The van der Waals surface area contributed by atoms with Gasteiger partial charge in [0.25, 0.3) is 5.56 Å². The predicted octanol–water partition coefficient (Wildman–Crippen LogP) is 4.39. The fourth-order valence-electron chi connectivity index (χ4n) is 4.77. The van der Waals surface area contributed by atoms with Crippen LogP contribution < -0.4 is 20.9 Å². The van der Waals surface area contributed by atoms with Gasteiger partial charge in [-0.3, -0.25) is 9.78 Å². The summed E-state index contributed by atoms with van der Waals surface area (Å²) >= 11 is 6.42. The second-order valence-corrected chi connectivity index (χ2v) is 9.41. The van der Waals surface area contributed by atoms with Gasteiger partial charge in [0.05, 0.1) is 36.0 Å². The number of aromatic nitrogens is 3. The highest BCUT2D eigenvalue weighted by atomic mass is 35.5. The van der Waals surface area contributed by atoms with Crippen molar-refractivity contribution in [1.29, 1.82) is 0 Å². The molecule has 1 aliphatic rings. The molecule has 186 valence electrons. The number of H-pyrrole nitrogens is 1. The zero-order chi connectivity index (χ0) is 25.7. The van der Waals surface area contributed by atoms with Crippen molar-refractivity contribution in [2.75, 3.05) is 32.2 Å². The Bertz CT molecular complexity index is 1790. The molecule has 0 bridgehead atoms. The molecule has 37 heavy (non-hydrogen) atoms. The van der Waals surface area contributed by atoms with Crippen molar-refractivity contribution in [2.24, 2.45) is 0 Å². The van der Waals surface area contributed by atoms with Crippen molar-refractivity contribution < 1.29 is 9.47 Å². The van der Waals surface area contributed by atoms with E-state index < -0.39 is 11.2 Å². The van der Waals surface area contributed by atoms with Crippen LogP contribution >= 0.6 is 11.6 Å². The molecule has 0 unspecified atom stereocenters. The van der Waals surface area contributed by atoms with Crippen LogP contribution in [0, 0.1) is 0 Å². The van der Waals surface area contributed by atoms with Crippen LogP contribution in [0.1, 0.15) is 0 Å². The first-order valence-electron chi connectivity index (χ1n) is 11.8. The van der Waals surface area contributed by atoms with E-state index in [0.29, 0.717) is 27.4 Å². The first-order chi connectivity index (χ1) is 18.0. The number of pyridine rings is 1. The lowest BCUT2D eigenvalue weighted by Crippen LogP contribution is -2.51. The Balaban J connectivity index is 1.48. The van der Waals surface area contributed by atoms with Gasteiger partial charge in [0, 0.05) is 53.4 Å². The summed E-state index contributed by atoms with van der Waals surface area (Å²) in [5.74, 6) is 0.655. The van der Waals surface area contributed by atoms with Gasteiger partial charge in [0.1, 0.15) is 5.75 Å². The van der Waals surface area contributed by atoms with Crippen molar-refractivity contribution in [1.82, 2.24) is 14.5 Å². The van der Waals surface area contributed by atoms with Gasteiger partial charge in [0.2, 0.25) is 0 Å². The van der Waals surface area contributed by atoms with E-state index in [2.05, 4.69) is 14.9 Å². The van der Waals surface area contributed by atoms with Gasteiger partial charge in [-0.05, 0) is 48.0 Å². The monoisotopic (exact) mass is 514 g/mol. The van der Waals surface area contributed by atoms with Crippen LogP contribution in [0.4, 0.5) is 5.69 Å². The van der Waals surface area contributed by atoms with Crippen LogP contribution in [0.15, 0.2) is 76.6 Å². The molecule has 2 aromatic heterocycles.